The number of nitrogens with zero attached hydrogens (tertiary/aromatic N) is 2. The summed E-state index contributed by atoms with van der Waals surface area (Å²) in [5, 5.41) is 9.90. The smallest absolute Gasteiger partial charge is 0.0592 e. The summed E-state index contributed by atoms with van der Waals surface area (Å²) < 4.78 is 0. The van der Waals surface area contributed by atoms with Crippen molar-refractivity contribution >= 4 is 0 Å². The molecule has 90 valence electrons. The van der Waals surface area contributed by atoms with Gasteiger partial charge in [-0.2, -0.15) is 0 Å². The highest BCUT2D eigenvalue weighted by Gasteiger charge is 2.07. The highest BCUT2D eigenvalue weighted by Crippen LogP contribution is 2.05. The quantitative estimate of drug-likeness (QED) is 0.763. The maximum atomic E-state index is 9.90. The Morgan fingerprint density at radius 3 is 2.44 bits per heavy atom. The Morgan fingerprint density at radius 2 is 1.88 bits per heavy atom. The van der Waals surface area contributed by atoms with Crippen LogP contribution in [0.1, 0.15) is 25.8 Å². The Bertz CT molecular complexity index is 273. The molecule has 1 N–H and O–H groups in total. The van der Waals surface area contributed by atoms with E-state index in [1.54, 1.807) is 12.4 Å². The van der Waals surface area contributed by atoms with E-state index in [1.165, 1.54) is 0 Å². The van der Waals surface area contributed by atoms with Gasteiger partial charge in [-0.3, -0.25) is 4.98 Å². The van der Waals surface area contributed by atoms with E-state index < -0.39 is 0 Å². The predicted octanol–water partition coefficient (Wildman–Crippen LogP) is 1.72. The summed E-state index contributed by atoms with van der Waals surface area (Å²) in [5.41, 5.74) is 1.15. The molecular formula is C13H22N2O. The Hall–Kier alpha value is -0.930. The molecule has 1 heterocycles. The standard InChI is InChI=1S/C13H22N2O/c1-3-15(4-2)10-7-13(16)11-12-5-8-14-9-6-12/h5-6,8-9,13,16H,3-4,7,10-11H2,1-2H3. The third-order valence-electron chi connectivity index (χ3n) is 2.89. The first-order valence-electron chi connectivity index (χ1n) is 6.05. The van der Waals surface area contributed by atoms with Gasteiger partial charge >= 0.3 is 0 Å². The Morgan fingerprint density at radius 1 is 1.25 bits per heavy atom. The number of aliphatic hydroxyl groups excluding tert-OH is 1. The summed E-state index contributed by atoms with van der Waals surface area (Å²) in [6, 6.07) is 3.92. The van der Waals surface area contributed by atoms with E-state index in [4.69, 9.17) is 0 Å². The molecule has 0 spiro atoms. The molecule has 0 aliphatic rings. The molecule has 16 heavy (non-hydrogen) atoms. The third-order valence-corrected chi connectivity index (χ3v) is 2.89. The van der Waals surface area contributed by atoms with Crippen LogP contribution >= 0.6 is 0 Å². The fraction of sp³-hybridized carbons (Fsp3) is 0.615. The van der Waals surface area contributed by atoms with E-state index in [0.29, 0.717) is 0 Å². The van der Waals surface area contributed by atoms with Crippen LogP contribution in [0.15, 0.2) is 24.5 Å². The zero-order chi connectivity index (χ0) is 11.8. The van der Waals surface area contributed by atoms with E-state index in [2.05, 4.69) is 23.7 Å². The maximum Gasteiger partial charge on any atom is 0.0592 e. The van der Waals surface area contributed by atoms with Gasteiger partial charge in [0.25, 0.3) is 0 Å². The topological polar surface area (TPSA) is 36.4 Å². The normalized spacial score (nSPS) is 13.0. The van der Waals surface area contributed by atoms with Crippen LogP contribution in [0.4, 0.5) is 0 Å². The zero-order valence-corrected chi connectivity index (χ0v) is 10.3. The minimum absolute atomic E-state index is 0.247. The number of aliphatic hydroxyl groups is 1. The SMILES string of the molecule is CCN(CC)CCC(O)Cc1ccncc1. The molecule has 0 fully saturated rings. The van der Waals surface area contributed by atoms with Crippen LogP contribution in [0.2, 0.25) is 0 Å². The number of pyridine rings is 1. The van der Waals surface area contributed by atoms with E-state index in [0.717, 1.165) is 38.0 Å². The van der Waals surface area contributed by atoms with Gasteiger partial charge in [-0.05, 0) is 43.6 Å². The lowest BCUT2D eigenvalue weighted by atomic mass is 10.1. The van der Waals surface area contributed by atoms with Crippen molar-refractivity contribution in [1.82, 2.24) is 9.88 Å². The second kappa shape index (κ2) is 7.36. The van der Waals surface area contributed by atoms with Crippen molar-refractivity contribution in [2.45, 2.75) is 32.8 Å². The molecule has 0 amide bonds. The predicted molar refractivity (Wildman–Crippen MR) is 66.4 cm³/mol. The van der Waals surface area contributed by atoms with Gasteiger partial charge in [-0.15, -0.1) is 0 Å². The Kier molecular flexibility index (Phi) is 6.04. The first-order valence-corrected chi connectivity index (χ1v) is 6.05. The molecule has 1 atom stereocenters. The largest absolute Gasteiger partial charge is 0.393 e. The maximum absolute atomic E-state index is 9.90. The highest BCUT2D eigenvalue weighted by atomic mass is 16.3. The lowest BCUT2D eigenvalue weighted by molar-refractivity contribution is 0.143. The Labute approximate surface area is 98.1 Å². The third kappa shape index (κ3) is 4.73. The highest BCUT2D eigenvalue weighted by molar-refractivity contribution is 5.10. The zero-order valence-electron chi connectivity index (χ0n) is 10.3. The van der Waals surface area contributed by atoms with Crippen molar-refractivity contribution in [3.63, 3.8) is 0 Å². The van der Waals surface area contributed by atoms with Crippen molar-refractivity contribution in [2.75, 3.05) is 19.6 Å². The fourth-order valence-electron chi connectivity index (χ4n) is 1.76. The van der Waals surface area contributed by atoms with Crippen molar-refractivity contribution in [3.05, 3.63) is 30.1 Å². The summed E-state index contributed by atoms with van der Waals surface area (Å²) >= 11 is 0. The molecule has 1 unspecified atom stereocenters. The summed E-state index contributed by atoms with van der Waals surface area (Å²) in [4.78, 5) is 6.29. The Balaban J connectivity index is 2.28. The molecule has 1 rings (SSSR count). The average molecular weight is 222 g/mol. The molecule has 0 aliphatic heterocycles. The molecule has 0 saturated heterocycles. The van der Waals surface area contributed by atoms with Crippen molar-refractivity contribution < 1.29 is 5.11 Å². The van der Waals surface area contributed by atoms with Gasteiger partial charge in [0, 0.05) is 18.9 Å². The van der Waals surface area contributed by atoms with E-state index in [-0.39, 0.29) is 6.10 Å². The molecule has 3 nitrogen and oxygen atoms in total. The van der Waals surface area contributed by atoms with E-state index in [1.807, 2.05) is 12.1 Å². The monoisotopic (exact) mass is 222 g/mol. The minimum atomic E-state index is -0.247. The van der Waals surface area contributed by atoms with Crippen LogP contribution in [-0.2, 0) is 6.42 Å². The molecule has 3 heteroatoms. The number of hydrogen-bond donors (Lipinski definition) is 1. The number of rotatable bonds is 7. The first kappa shape index (κ1) is 13.1. The minimum Gasteiger partial charge on any atom is -0.393 e. The van der Waals surface area contributed by atoms with Gasteiger partial charge in [0.2, 0.25) is 0 Å². The fourth-order valence-corrected chi connectivity index (χ4v) is 1.76. The molecule has 0 aliphatic carbocycles. The summed E-state index contributed by atoms with van der Waals surface area (Å²) in [6.45, 7) is 7.38. The van der Waals surface area contributed by atoms with Crippen LogP contribution in [0.5, 0.6) is 0 Å². The van der Waals surface area contributed by atoms with E-state index in [9.17, 15) is 5.11 Å². The van der Waals surface area contributed by atoms with Gasteiger partial charge in [-0.25, -0.2) is 0 Å². The molecular weight excluding hydrogens is 200 g/mol. The van der Waals surface area contributed by atoms with Gasteiger partial charge in [0.15, 0.2) is 0 Å². The molecule has 1 aromatic heterocycles. The second-order valence-corrected chi connectivity index (χ2v) is 4.03. The van der Waals surface area contributed by atoms with Crippen molar-refractivity contribution in [3.8, 4) is 0 Å². The van der Waals surface area contributed by atoms with Crippen LogP contribution in [0.25, 0.3) is 0 Å². The van der Waals surface area contributed by atoms with Gasteiger partial charge in [-0.1, -0.05) is 13.8 Å². The second-order valence-electron chi connectivity index (χ2n) is 4.03. The lowest BCUT2D eigenvalue weighted by Crippen LogP contribution is -2.27. The van der Waals surface area contributed by atoms with Crippen molar-refractivity contribution in [1.29, 1.82) is 0 Å². The molecule has 0 radical (unpaired) electrons. The summed E-state index contributed by atoms with van der Waals surface area (Å²) in [6.07, 6.45) is 4.86. The molecule has 0 aromatic carbocycles. The average Bonchev–Trinajstić information content (AvgIpc) is 2.31. The molecule has 0 saturated carbocycles. The molecule has 1 aromatic rings. The molecule has 0 bridgehead atoms. The van der Waals surface area contributed by atoms with E-state index >= 15 is 0 Å². The van der Waals surface area contributed by atoms with Crippen LogP contribution in [0, 0.1) is 0 Å². The van der Waals surface area contributed by atoms with Crippen molar-refractivity contribution in [2.24, 2.45) is 0 Å². The summed E-state index contributed by atoms with van der Waals surface area (Å²) in [5.74, 6) is 0. The van der Waals surface area contributed by atoms with Crippen LogP contribution < -0.4 is 0 Å². The van der Waals surface area contributed by atoms with Gasteiger partial charge in [0.05, 0.1) is 6.10 Å². The number of aromatic nitrogens is 1. The van der Waals surface area contributed by atoms with Gasteiger partial charge < -0.3 is 10.0 Å². The summed E-state index contributed by atoms with van der Waals surface area (Å²) in [7, 11) is 0. The first-order chi connectivity index (χ1) is 7.76. The number of hydrogen-bond acceptors (Lipinski definition) is 3. The lowest BCUT2D eigenvalue weighted by Gasteiger charge is -2.19. The van der Waals surface area contributed by atoms with Crippen LogP contribution in [0.3, 0.4) is 0 Å². The van der Waals surface area contributed by atoms with Gasteiger partial charge in [0.1, 0.15) is 0 Å². The van der Waals surface area contributed by atoms with Crippen LogP contribution in [-0.4, -0.2) is 40.7 Å².